The first kappa shape index (κ1) is 13.8. The molecule has 4 nitrogen and oxygen atoms in total. The lowest BCUT2D eigenvalue weighted by Crippen LogP contribution is -2.40. The van der Waals surface area contributed by atoms with E-state index in [0.717, 1.165) is 10.1 Å². The molecule has 1 aromatic heterocycles. The molecule has 0 aliphatic carbocycles. The fourth-order valence-corrected chi connectivity index (χ4v) is 3.14. The van der Waals surface area contributed by atoms with Crippen LogP contribution in [0, 0.1) is 0 Å². The third-order valence-corrected chi connectivity index (χ3v) is 4.43. The lowest BCUT2D eigenvalue weighted by Gasteiger charge is -2.11. The zero-order chi connectivity index (χ0) is 14.0. The van der Waals surface area contributed by atoms with Gasteiger partial charge in [-0.15, -0.1) is 11.3 Å². The number of rotatable bonds is 4. The zero-order valence-electron chi connectivity index (χ0n) is 10.1. The Morgan fingerprint density at radius 1 is 1.42 bits per heavy atom. The highest BCUT2D eigenvalue weighted by atomic mass is 35.5. The monoisotopic (exact) mass is 297 g/mol. The van der Waals surface area contributed by atoms with Gasteiger partial charge < -0.3 is 10.4 Å². The molecule has 1 atom stereocenters. The van der Waals surface area contributed by atoms with Crippen molar-refractivity contribution in [1.82, 2.24) is 5.32 Å². The van der Waals surface area contributed by atoms with Crippen LogP contribution in [-0.2, 0) is 4.79 Å². The van der Waals surface area contributed by atoms with Crippen LogP contribution in [0.25, 0.3) is 10.1 Å². The van der Waals surface area contributed by atoms with Gasteiger partial charge in [-0.3, -0.25) is 4.79 Å². The Kier molecular flexibility index (Phi) is 4.07. The predicted octanol–water partition coefficient (Wildman–Crippen LogP) is 3.15. The van der Waals surface area contributed by atoms with Crippen LogP contribution in [0.5, 0.6) is 0 Å². The van der Waals surface area contributed by atoms with Crippen LogP contribution in [0.1, 0.15) is 23.0 Å². The van der Waals surface area contributed by atoms with E-state index in [0.29, 0.717) is 16.3 Å². The summed E-state index contributed by atoms with van der Waals surface area (Å²) in [7, 11) is 0. The quantitative estimate of drug-likeness (QED) is 0.911. The van der Waals surface area contributed by atoms with E-state index in [-0.39, 0.29) is 0 Å². The first-order valence-electron chi connectivity index (χ1n) is 5.75. The van der Waals surface area contributed by atoms with Crippen LogP contribution < -0.4 is 5.32 Å². The van der Waals surface area contributed by atoms with Crippen molar-refractivity contribution < 1.29 is 14.7 Å². The van der Waals surface area contributed by atoms with E-state index >= 15 is 0 Å². The molecule has 2 N–H and O–H groups in total. The average molecular weight is 298 g/mol. The first-order chi connectivity index (χ1) is 9.04. The Morgan fingerprint density at radius 3 is 2.68 bits per heavy atom. The van der Waals surface area contributed by atoms with Gasteiger partial charge in [0.1, 0.15) is 10.9 Å². The molecule has 0 aliphatic heterocycles. The van der Waals surface area contributed by atoms with Gasteiger partial charge in [0.25, 0.3) is 5.91 Å². The molecule has 0 radical (unpaired) electrons. The lowest BCUT2D eigenvalue weighted by atomic mass is 10.2. The molecule has 0 unspecified atom stereocenters. The number of amides is 1. The van der Waals surface area contributed by atoms with Gasteiger partial charge in [0.15, 0.2) is 0 Å². The van der Waals surface area contributed by atoms with Crippen molar-refractivity contribution in [3.8, 4) is 0 Å². The molecule has 1 aromatic carbocycles. The van der Waals surface area contributed by atoms with Crippen molar-refractivity contribution in [2.45, 2.75) is 19.4 Å². The normalized spacial score (nSPS) is 12.3. The number of aliphatic carboxylic acids is 1. The average Bonchev–Trinajstić information content (AvgIpc) is 2.73. The van der Waals surface area contributed by atoms with E-state index in [2.05, 4.69) is 5.32 Å². The van der Waals surface area contributed by atoms with Crippen LogP contribution >= 0.6 is 22.9 Å². The Labute approximate surface area is 119 Å². The molecule has 0 fully saturated rings. The maximum Gasteiger partial charge on any atom is 0.326 e. The van der Waals surface area contributed by atoms with E-state index in [1.54, 1.807) is 6.92 Å². The maximum atomic E-state index is 12.1. The highest BCUT2D eigenvalue weighted by Crippen LogP contribution is 2.35. The van der Waals surface area contributed by atoms with Gasteiger partial charge in [0, 0.05) is 10.1 Å². The second-order valence-corrected chi connectivity index (χ2v) is 5.44. The van der Waals surface area contributed by atoms with Gasteiger partial charge in [0.05, 0.1) is 5.02 Å². The largest absolute Gasteiger partial charge is 0.480 e. The van der Waals surface area contributed by atoms with Crippen LogP contribution in [0.15, 0.2) is 24.3 Å². The summed E-state index contributed by atoms with van der Waals surface area (Å²) in [6.07, 6.45) is 0.323. The number of carbonyl (C=O) groups excluding carboxylic acids is 1. The smallest absolute Gasteiger partial charge is 0.326 e. The van der Waals surface area contributed by atoms with Crippen molar-refractivity contribution >= 4 is 44.9 Å². The summed E-state index contributed by atoms with van der Waals surface area (Å²) in [6.45, 7) is 1.70. The summed E-state index contributed by atoms with van der Waals surface area (Å²) in [4.78, 5) is 23.3. The number of carbonyl (C=O) groups is 2. The SMILES string of the molecule is CC[C@@H](NC(=O)c1sc2ccccc2c1Cl)C(=O)O. The summed E-state index contributed by atoms with van der Waals surface area (Å²) >= 11 is 7.42. The Hall–Kier alpha value is -1.59. The molecule has 1 heterocycles. The minimum absolute atomic E-state index is 0.323. The van der Waals surface area contributed by atoms with Gasteiger partial charge in [-0.2, -0.15) is 0 Å². The van der Waals surface area contributed by atoms with Crippen LogP contribution in [0.3, 0.4) is 0 Å². The highest BCUT2D eigenvalue weighted by molar-refractivity contribution is 7.21. The molecule has 0 saturated carbocycles. The molecule has 1 amide bonds. The number of hydrogen-bond acceptors (Lipinski definition) is 3. The minimum atomic E-state index is -1.05. The molecule has 0 bridgehead atoms. The van der Waals surface area contributed by atoms with E-state index in [9.17, 15) is 9.59 Å². The number of benzene rings is 1. The Bertz CT molecular complexity index is 638. The molecule has 100 valence electrons. The Balaban J connectivity index is 2.31. The molecule has 0 spiro atoms. The van der Waals surface area contributed by atoms with E-state index < -0.39 is 17.9 Å². The number of nitrogens with one attached hydrogen (secondary N) is 1. The van der Waals surface area contributed by atoms with Gasteiger partial charge in [-0.1, -0.05) is 36.7 Å². The second kappa shape index (κ2) is 5.59. The summed E-state index contributed by atoms with van der Waals surface area (Å²) in [5.41, 5.74) is 0. The molecule has 0 aliphatic rings. The summed E-state index contributed by atoms with van der Waals surface area (Å²) < 4.78 is 0.904. The molecule has 19 heavy (non-hydrogen) atoms. The summed E-state index contributed by atoms with van der Waals surface area (Å²) in [5, 5.41) is 12.6. The number of hydrogen-bond donors (Lipinski definition) is 2. The van der Waals surface area contributed by atoms with Gasteiger partial charge in [-0.05, 0) is 12.5 Å². The zero-order valence-corrected chi connectivity index (χ0v) is 11.7. The first-order valence-corrected chi connectivity index (χ1v) is 6.94. The van der Waals surface area contributed by atoms with Gasteiger partial charge >= 0.3 is 5.97 Å². The van der Waals surface area contributed by atoms with Crippen molar-refractivity contribution in [3.05, 3.63) is 34.2 Å². The van der Waals surface area contributed by atoms with Crippen molar-refractivity contribution in [2.24, 2.45) is 0 Å². The number of carboxylic acids is 1. The highest BCUT2D eigenvalue weighted by Gasteiger charge is 2.22. The molecule has 0 saturated heterocycles. The number of fused-ring (bicyclic) bond motifs is 1. The minimum Gasteiger partial charge on any atom is -0.480 e. The molecular formula is C13H12ClNO3S. The topological polar surface area (TPSA) is 66.4 Å². The van der Waals surface area contributed by atoms with Crippen molar-refractivity contribution in [1.29, 1.82) is 0 Å². The standard InChI is InChI=1S/C13H12ClNO3S/c1-2-8(13(17)18)15-12(16)11-10(14)7-5-3-4-6-9(7)19-11/h3-6,8H,2H2,1H3,(H,15,16)(H,17,18)/t8-/m1/s1. The third kappa shape index (κ3) is 2.72. The van der Waals surface area contributed by atoms with Gasteiger partial charge in [-0.25, -0.2) is 4.79 Å². The third-order valence-electron chi connectivity index (χ3n) is 2.75. The van der Waals surface area contributed by atoms with Crippen LogP contribution in [-0.4, -0.2) is 23.0 Å². The van der Waals surface area contributed by atoms with E-state index in [1.807, 2.05) is 24.3 Å². The fourth-order valence-electron chi connectivity index (χ4n) is 1.72. The van der Waals surface area contributed by atoms with Crippen LogP contribution in [0.4, 0.5) is 0 Å². The van der Waals surface area contributed by atoms with Crippen LogP contribution in [0.2, 0.25) is 5.02 Å². The maximum absolute atomic E-state index is 12.1. The fraction of sp³-hybridized carbons (Fsp3) is 0.231. The number of thiophene rings is 1. The summed E-state index contributed by atoms with van der Waals surface area (Å²) in [5.74, 6) is -1.49. The summed E-state index contributed by atoms with van der Waals surface area (Å²) in [6, 6.07) is 6.52. The van der Waals surface area contributed by atoms with E-state index in [4.69, 9.17) is 16.7 Å². The second-order valence-electron chi connectivity index (χ2n) is 4.01. The number of halogens is 1. The molecule has 2 rings (SSSR count). The predicted molar refractivity (Wildman–Crippen MR) is 76.0 cm³/mol. The lowest BCUT2D eigenvalue weighted by molar-refractivity contribution is -0.139. The van der Waals surface area contributed by atoms with Crippen molar-refractivity contribution in [2.75, 3.05) is 0 Å². The molecule has 2 aromatic rings. The van der Waals surface area contributed by atoms with E-state index in [1.165, 1.54) is 11.3 Å². The molecular weight excluding hydrogens is 286 g/mol. The van der Waals surface area contributed by atoms with Gasteiger partial charge in [0.2, 0.25) is 0 Å². The Morgan fingerprint density at radius 2 is 2.11 bits per heavy atom. The molecule has 6 heteroatoms. The van der Waals surface area contributed by atoms with Crippen molar-refractivity contribution in [3.63, 3.8) is 0 Å². The number of carboxylic acid groups (broad SMARTS) is 1.